The van der Waals surface area contributed by atoms with Crippen molar-refractivity contribution in [1.29, 1.82) is 0 Å². The molecule has 0 aliphatic rings. The van der Waals surface area contributed by atoms with Gasteiger partial charge in [-0.2, -0.15) is 4.31 Å². The lowest BCUT2D eigenvalue weighted by Crippen LogP contribution is -2.48. The zero-order valence-electron chi connectivity index (χ0n) is 26.2. The summed E-state index contributed by atoms with van der Waals surface area (Å²) in [5.41, 5.74) is 6.96. The van der Waals surface area contributed by atoms with Crippen LogP contribution in [-0.2, 0) is 35.1 Å². The maximum absolute atomic E-state index is 13.7. The number of fused-ring (bicyclic) bond motifs is 1. The van der Waals surface area contributed by atoms with Gasteiger partial charge >= 0.3 is 13.9 Å². The number of hydrogen-bond donors (Lipinski definition) is 5. The maximum atomic E-state index is 13.7. The lowest BCUT2D eigenvalue weighted by molar-refractivity contribution is -0.123. The smallest absolute Gasteiger partial charge is 0.453 e. The highest BCUT2D eigenvalue weighted by Crippen LogP contribution is 2.37. The molecule has 1 unspecified atom stereocenters. The molecule has 13 nitrogen and oxygen atoms in total. The molecule has 0 aliphatic heterocycles. The number of alkyl carbamates (subject to hydrolysis) is 1. The van der Waals surface area contributed by atoms with Crippen molar-refractivity contribution in [2.24, 2.45) is 5.92 Å². The molecular formula is C31H43N4O9PS. The van der Waals surface area contributed by atoms with Crippen LogP contribution in [0.4, 0.5) is 10.5 Å². The van der Waals surface area contributed by atoms with Gasteiger partial charge in [0.1, 0.15) is 6.04 Å². The van der Waals surface area contributed by atoms with Crippen LogP contribution in [0.3, 0.4) is 0 Å². The van der Waals surface area contributed by atoms with Crippen LogP contribution in [0.15, 0.2) is 71.6 Å². The third kappa shape index (κ3) is 11.4. The van der Waals surface area contributed by atoms with Crippen LogP contribution in [0.5, 0.6) is 0 Å². The van der Waals surface area contributed by atoms with E-state index in [1.165, 1.54) is 35.7 Å². The van der Waals surface area contributed by atoms with Crippen LogP contribution in [0, 0.1) is 5.92 Å². The number of nitrogens with one attached hydrogen (secondary N) is 2. The van der Waals surface area contributed by atoms with E-state index in [1.54, 1.807) is 0 Å². The zero-order chi connectivity index (χ0) is 33.9. The van der Waals surface area contributed by atoms with Crippen LogP contribution < -0.4 is 16.4 Å². The third-order valence-electron chi connectivity index (χ3n) is 7.19. The molecule has 0 bridgehead atoms. The molecular weight excluding hydrogens is 635 g/mol. The molecule has 3 aromatic rings. The maximum Gasteiger partial charge on any atom is 0.469 e. The number of hydrogen-bond acceptors (Lipinski definition) is 8. The molecule has 0 spiro atoms. The monoisotopic (exact) mass is 678 g/mol. The molecule has 0 fully saturated rings. The summed E-state index contributed by atoms with van der Waals surface area (Å²) in [6.45, 7) is 3.41. The lowest BCUT2D eigenvalue weighted by atomic mass is 10.0. The Morgan fingerprint density at radius 3 is 2.30 bits per heavy atom. The van der Waals surface area contributed by atoms with E-state index in [0.29, 0.717) is 18.5 Å². The average Bonchev–Trinajstić information content (AvgIpc) is 3.00. The average molecular weight is 679 g/mol. The molecule has 3 rings (SSSR count). The van der Waals surface area contributed by atoms with Gasteiger partial charge < -0.3 is 30.9 Å². The molecule has 0 aliphatic carbocycles. The Bertz CT molecular complexity index is 1610. The molecule has 0 heterocycles. The topological polar surface area (TPSA) is 198 Å². The number of ether oxygens (including phenoxy) is 1. The standard InChI is InChI=1S/C31H43N4O9PS/c1-22(2)20-35(46(41,42)28-15-13-26(32)14-16-28)27(21-44-45(38,39)40)10-6-7-17-33-30(36)29(34-31(37)43-3)19-23-11-12-24-8-4-5-9-25(24)18-23/h4-5,8-9,11-16,18,22,27,29H,6-7,10,17,19-21,32H2,1-3H3,(H,33,36)(H,34,37)(H2,38,39,40)/t27?,29-/m0/s1. The molecule has 15 heteroatoms. The van der Waals surface area contributed by atoms with E-state index < -0.39 is 48.5 Å². The van der Waals surface area contributed by atoms with Crippen LogP contribution in [0.2, 0.25) is 0 Å². The number of nitrogen functional groups attached to an aromatic ring is 1. The van der Waals surface area contributed by atoms with Gasteiger partial charge in [-0.05, 0) is 59.4 Å². The van der Waals surface area contributed by atoms with Gasteiger partial charge in [0.2, 0.25) is 15.9 Å². The molecule has 46 heavy (non-hydrogen) atoms. The highest BCUT2D eigenvalue weighted by atomic mass is 32.2. The fourth-order valence-corrected chi connectivity index (χ4v) is 7.09. The third-order valence-corrected chi connectivity index (χ3v) is 9.60. The number of anilines is 1. The number of sulfonamides is 1. The van der Waals surface area contributed by atoms with Crippen molar-refractivity contribution in [2.45, 2.75) is 56.5 Å². The molecule has 6 N–H and O–H groups in total. The fourth-order valence-electron chi connectivity index (χ4n) is 4.92. The van der Waals surface area contributed by atoms with E-state index >= 15 is 0 Å². The summed E-state index contributed by atoms with van der Waals surface area (Å²) >= 11 is 0. The largest absolute Gasteiger partial charge is 0.469 e. The van der Waals surface area contributed by atoms with Crippen LogP contribution >= 0.6 is 7.82 Å². The Morgan fingerprint density at radius 2 is 1.67 bits per heavy atom. The van der Waals surface area contributed by atoms with Crippen molar-refractivity contribution < 1.29 is 41.6 Å². The SMILES string of the molecule is COC(=O)N[C@@H](Cc1ccc2ccccc2c1)C(=O)NCCCCC(COP(=O)(O)O)N(CC(C)C)S(=O)(=O)c1ccc(N)cc1. The molecule has 0 aromatic heterocycles. The number of phosphoric acid groups is 1. The van der Waals surface area contributed by atoms with E-state index in [9.17, 15) is 32.4 Å². The number of nitrogens with zero attached hydrogens (tertiary/aromatic N) is 1. The number of methoxy groups -OCH3 is 1. The Morgan fingerprint density at radius 1 is 1.00 bits per heavy atom. The summed E-state index contributed by atoms with van der Waals surface area (Å²) in [6.07, 6.45) is 0.470. The van der Waals surface area contributed by atoms with Crippen molar-refractivity contribution in [3.8, 4) is 0 Å². The molecule has 2 atom stereocenters. The minimum Gasteiger partial charge on any atom is -0.453 e. The van der Waals surface area contributed by atoms with Gasteiger partial charge in [-0.3, -0.25) is 9.32 Å². The second-order valence-electron chi connectivity index (χ2n) is 11.3. The van der Waals surface area contributed by atoms with Gasteiger partial charge in [0.25, 0.3) is 0 Å². The number of rotatable bonds is 17. The van der Waals surface area contributed by atoms with Gasteiger partial charge in [-0.1, -0.05) is 62.7 Å². The first-order valence-electron chi connectivity index (χ1n) is 14.9. The van der Waals surface area contributed by atoms with Gasteiger partial charge in [-0.15, -0.1) is 0 Å². The summed E-state index contributed by atoms with van der Waals surface area (Å²) in [6, 6.07) is 17.5. The summed E-state index contributed by atoms with van der Waals surface area (Å²) in [7, 11) is -7.76. The first-order chi connectivity index (χ1) is 21.7. The van der Waals surface area contributed by atoms with Crippen LogP contribution in [-0.4, -0.2) is 73.4 Å². The van der Waals surface area contributed by atoms with Gasteiger partial charge in [0.05, 0.1) is 18.6 Å². The highest BCUT2D eigenvalue weighted by Gasteiger charge is 2.33. The lowest BCUT2D eigenvalue weighted by Gasteiger charge is -2.32. The Balaban J connectivity index is 1.68. The number of nitrogens with two attached hydrogens (primary N) is 1. The van der Waals surface area contributed by atoms with Crippen LogP contribution in [0.25, 0.3) is 10.8 Å². The normalized spacial score (nSPS) is 13.5. The van der Waals surface area contributed by atoms with Gasteiger partial charge in [0, 0.05) is 31.2 Å². The second-order valence-corrected chi connectivity index (χ2v) is 14.5. The van der Waals surface area contributed by atoms with E-state index in [0.717, 1.165) is 16.3 Å². The van der Waals surface area contributed by atoms with Crippen molar-refractivity contribution >= 4 is 46.3 Å². The predicted octanol–water partition coefficient (Wildman–Crippen LogP) is 3.80. The number of phosphoric ester groups is 1. The summed E-state index contributed by atoms with van der Waals surface area (Å²) in [4.78, 5) is 43.9. The Kier molecular flexibility index (Phi) is 13.5. The summed E-state index contributed by atoms with van der Waals surface area (Å²) < 4.78 is 49.6. The van der Waals surface area contributed by atoms with Crippen molar-refractivity contribution in [3.63, 3.8) is 0 Å². The fraction of sp³-hybridized carbons (Fsp3) is 0.419. The predicted molar refractivity (Wildman–Crippen MR) is 175 cm³/mol. The highest BCUT2D eigenvalue weighted by molar-refractivity contribution is 7.89. The Hall–Kier alpha value is -3.52. The van der Waals surface area contributed by atoms with Gasteiger partial charge in [0.15, 0.2) is 0 Å². The minimum atomic E-state index is -4.89. The van der Waals surface area contributed by atoms with E-state index in [4.69, 9.17) is 15.0 Å². The van der Waals surface area contributed by atoms with E-state index in [2.05, 4.69) is 10.6 Å². The number of carbonyl (C=O) groups excluding carboxylic acids is 2. The van der Waals surface area contributed by atoms with Gasteiger partial charge in [-0.25, -0.2) is 17.8 Å². The van der Waals surface area contributed by atoms with Crippen molar-refractivity contribution in [1.82, 2.24) is 14.9 Å². The quantitative estimate of drug-likeness (QED) is 0.0795. The number of unbranched alkanes of at least 4 members (excludes halogenated alkanes) is 1. The first kappa shape index (κ1) is 36.9. The second kappa shape index (κ2) is 16.9. The van der Waals surface area contributed by atoms with Crippen molar-refractivity contribution in [3.05, 3.63) is 72.3 Å². The number of benzene rings is 3. The number of amides is 2. The zero-order valence-corrected chi connectivity index (χ0v) is 27.9. The summed E-state index contributed by atoms with van der Waals surface area (Å²) in [5.74, 6) is -0.533. The molecule has 0 saturated heterocycles. The van der Waals surface area contributed by atoms with Crippen molar-refractivity contribution in [2.75, 3.05) is 32.5 Å². The minimum absolute atomic E-state index is 0.00801. The first-order valence-corrected chi connectivity index (χ1v) is 17.8. The van der Waals surface area contributed by atoms with E-state index in [-0.39, 0.29) is 36.7 Å². The Labute approximate surface area is 269 Å². The van der Waals surface area contributed by atoms with E-state index in [1.807, 2.05) is 56.3 Å². The number of carbonyl (C=O) groups is 2. The molecule has 252 valence electrons. The van der Waals surface area contributed by atoms with Crippen LogP contribution in [0.1, 0.15) is 38.7 Å². The summed E-state index contributed by atoms with van der Waals surface area (Å²) in [5, 5.41) is 7.44. The molecule has 3 aromatic carbocycles. The molecule has 0 radical (unpaired) electrons. The molecule has 0 saturated carbocycles. The molecule has 2 amide bonds.